The lowest BCUT2D eigenvalue weighted by molar-refractivity contribution is -0.151. The number of nitrogens with one attached hydrogen (secondary N) is 2. The summed E-state index contributed by atoms with van der Waals surface area (Å²) in [5, 5.41) is 25.8. The Morgan fingerprint density at radius 1 is 0.487 bits per heavy atom. The molecule has 5 aliphatic rings. The highest BCUT2D eigenvalue weighted by Gasteiger charge is 2.56. The standard InChI is InChI=1S/C20H24F3NO3.C17H22F3NO3.C16H22FNO3.2C15H16F3NO.ClH/c1-5-12-26-17-13-15(20(21,22)23)6-7-16(17)14-8-10-24(11-9-14)18(25)27-19(2,3)4;1-16(2,3)24-15(23)21-8-6-11(7-9-21)13-5-4-12(10-14(13)22)17(18,19)20;1-15(2,3)18-9-13(16(17,10-18)14(19)20)11-5-7-12(21-4)8-6-11;2*1-2-9-20-14-10-12(15(16,17)18)3-4-13(14)11-5-7-19-8-6-11;/h1,6-7,13-14H,8-12H2,2-4H3;4-5,10-11,22H,6-9H2,1-3H3;5-8,13H,9-10H2,1-4H3,(H,19,20);2*1,3-4,10-11,19H,5-9H2;1H/t;;13-,16-;;;/m..0.../s1. The molecule has 2 atom stereocenters. The number of alkyl halides is 13. The number of carboxylic acids is 1. The molecule has 5 saturated heterocycles. The van der Waals surface area contributed by atoms with Crippen molar-refractivity contribution in [1.29, 1.82) is 0 Å². The Morgan fingerprint density at radius 3 is 1.08 bits per heavy atom. The van der Waals surface area contributed by atoms with Gasteiger partial charge in [-0.2, -0.15) is 52.7 Å². The number of aliphatic carboxylic acids is 1. The SMILES string of the molecule is C#CCOc1cc(C(F)(F)F)ccc1C1CCN(C(=O)OC(C)(C)C)CC1.C#CCOc1cc(C(F)(F)F)ccc1C1CCNCC1.C#CCOc1cc(C(F)(F)F)ccc1C1CCNCC1.CC(C)(C)OC(=O)N1CCC(c2ccc(C(F)(F)F)cc2O)CC1.COc1ccc([C@@H]2CN(C(C)(C)C)C[C@@]2(F)C(=O)O)cc1.Cl. The van der Waals surface area contributed by atoms with Crippen LogP contribution in [0.2, 0.25) is 0 Å². The van der Waals surface area contributed by atoms with Gasteiger partial charge < -0.3 is 59.1 Å². The van der Waals surface area contributed by atoms with Crippen LogP contribution in [0.3, 0.4) is 0 Å². The van der Waals surface area contributed by atoms with Crippen LogP contribution in [0.4, 0.5) is 66.7 Å². The van der Waals surface area contributed by atoms with E-state index in [0.29, 0.717) is 80.8 Å². The van der Waals surface area contributed by atoms with E-state index in [1.54, 1.807) is 82.7 Å². The number of carboxylic acid groups (broad SMARTS) is 1. The molecule has 10 rings (SSSR count). The molecular formula is C83H101ClF13N5O11. The van der Waals surface area contributed by atoms with Crippen LogP contribution in [-0.2, 0) is 39.0 Å². The molecule has 30 heteroatoms. The number of terminal acetylenes is 3. The first-order chi connectivity index (χ1) is 52.2. The molecule has 0 aromatic heterocycles. The Morgan fingerprint density at radius 2 is 0.796 bits per heavy atom. The summed E-state index contributed by atoms with van der Waals surface area (Å²) in [7, 11) is 1.56. The number of phenolic OH excluding ortho intramolecular Hbond substituents is 1. The Labute approximate surface area is 658 Å². The number of halogens is 14. The van der Waals surface area contributed by atoms with Crippen molar-refractivity contribution in [2.45, 2.75) is 190 Å². The third-order valence-electron chi connectivity index (χ3n) is 19.2. The van der Waals surface area contributed by atoms with Gasteiger partial charge in [0.25, 0.3) is 0 Å². The molecule has 0 radical (unpaired) electrons. The second-order valence-corrected chi connectivity index (χ2v) is 30.6. The number of aromatic hydroxyl groups is 1. The van der Waals surface area contributed by atoms with Crippen LogP contribution in [0, 0.1) is 37.0 Å². The molecule has 0 spiro atoms. The van der Waals surface area contributed by atoms with Crippen LogP contribution in [0.25, 0.3) is 0 Å². The Hall–Kier alpha value is -8.95. The number of likely N-dealkylation sites (tertiary alicyclic amines) is 3. The van der Waals surface area contributed by atoms with Crippen molar-refractivity contribution in [3.63, 3.8) is 0 Å². The summed E-state index contributed by atoms with van der Waals surface area (Å²) in [6.45, 7) is 22.1. The van der Waals surface area contributed by atoms with Crippen molar-refractivity contribution in [2.75, 3.05) is 92.4 Å². The fourth-order valence-corrected chi connectivity index (χ4v) is 13.4. The lowest BCUT2D eigenvalue weighted by Crippen LogP contribution is -2.44. The molecule has 2 amide bonds. The van der Waals surface area contributed by atoms with Gasteiger partial charge in [0.1, 0.15) is 59.8 Å². The summed E-state index contributed by atoms with van der Waals surface area (Å²) < 4.78 is 200. The minimum Gasteiger partial charge on any atom is -0.508 e. The zero-order valence-corrected chi connectivity index (χ0v) is 65.8. The molecule has 0 unspecified atom stereocenters. The largest absolute Gasteiger partial charge is 0.508 e. The Balaban J connectivity index is 0.000000253. The molecule has 16 nitrogen and oxygen atoms in total. The maximum absolute atomic E-state index is 15.1. The van der Waals surface area contributed by atoms with Crippen LogP contribution in [0.5, 0.6) is 28.7 Å². The molecular weight excluding hydrogens is 1530 g/mol. The van der Waals surface area contributed by atoms with Gasteiger partial charge in [0.05, 0.1) is 29.4 Å². The van der Waals surface area contributed by atoms with Crippen molar-refractivity contribution in [1.82, 2.24) is 25.3 Å². The van der Waals surface area contributed by atoms with Gasteiger partial charge in [-0.15, -0.1) is 31.7 Å². The van der Waals surface area contributed by atoms with Crippen LogP contribution in [0.1, 0.15) is 193 Å². The highest BCUT2D eigenvalue weighted by molar-refractivity contribution is 5.85. The fraction of sp³-hybridized carbons (Fsp3) is 0.530. The average molecular weight is 1630 g/mol. The van der Waals surface area contributed by atoms with Crippen LogP contribution >= 0.6 is 12.4 Å². The van der Waals surface area contributed by atoms with Gasteiger partial charge in [-0.05, 0) is 252 Å². The summed E-state index contributed by atoms with van der Waals surface area (Å²) >= 11 is 0. The average Bonchev–Trinajstić information content (AvgIpc) is 1.61. The highest BCUT2D eigenvalue weighted by atomic mass is 35.5. The van der Waals surface area contributed by atoms with Crippen LogP contribution in [0.15, 0.2) is 97.1 Å². The second-order valence-electron chi connectivity index (χ2n) is 30.6. The minimum atomic E-state index is -4.48. The topological polar surface area (TPSA) is 181 Å². The monoisotopic (exact) mass is 1630 g/mol. The van der Waals surface area contributed by atoms with Crippen molar-refractivity contribution in [3.8, 4) is 65.8 Å². The molecule has 0 bridgehead atoms. The maximum Gasteiger partial charge on any atom is 0.416 e. The first-order valence-electron chi connectivity index (χ1n) is 36.6. The quantitative estimate of drug-likeness (QED) is 0.0646. The number of hydrogen-bond donors (Lipinski definition) is 4. The lowest BCUT2D eigenvalue weighted by atomic mass is 9.86. The zero-order valence-electron chi connectivity index (χ0n) is 64.9. The first kappa shape index (κ1) is 94.6. The van der Waals surface area contributed by atoms with E-state index in [1.165, 1.54) is 24.3 Å². The molecule has 0 aliphatic carbocycles. The smallest absolute Gasteiger partial charge is 0.416 e. The minimum absolute atomic E-state index is 0. The Bertz CT molecular complexity index is 3940. The van der Waals surface area contributed by atoms with Crippen LogP contribution < -0.4 is 29.6 Å². The van der Waals surface area contributed by atoms with Crippen LogP contribution in [-0.4, -0.2) is 158 Å². The van der Waals surface area contributed by atoms with Gasteiger partial charge in [0.15, 0.2) is 0 Å². The van der Waals surface area contributed by atoms with E-state index in [0.717, 1.165) is 112 Å². The molecule has 4 N–H and O–H groups in total. The fourth-order valence-electron chi connectivity index (χ4n) is 13.4. The predicted molar refractivity (Wildman–Crippen MR) is 405 cm³/mol. The normalized spacial score (nSPS) is 18.3. The Kier molecular flexibility index (Phi) is 34.2. The summed E-state index contributed by atoms with van der Waals surface area (Å²) in [6.07, 6.45) is 2.87. The number of carbonyl (C=O) groups is 3. The maximum atomic E-state index is 15.1. The molecule has 5 heterocycles. The van der Waals surface area contributed by atoms with Gasteiger partial charge in [-0.1, -0.05) is 54.2 Å². The van der Waals surface area contributed by atoms with Crippen molar-refractivity contribution in [2.24, 2.45) is 0 Å². The zero-order chi connectivity index (χ0) is 83.4. The van der Waals surface area contributed by atoms with Crippen molar-refractivity contribution < 1.29 is 110 Å². The van der Waals surface area contributed by atoms with E-state index in [-0.39, 0.29) is 97.1 Å². The summed E-state index contributed by atoms with van der Waals surface area (Å²) in [5.41, 5.74) is -3.23. The van der Waals surface area contributed by atoms with Gasteiger partial charge in [-0.25, -0.2) is 18.8 Å². The summed E-state index contributed by atoms with van der Waals surface area (Å²) in [4.78, 5) is 40.7. The number of benzene rings is 5. The molecule has 5 aromatic rings. The first-order valence-corrected chi connectivity index (χ1v) is 36.6. The van der Waals surface area contributed by atoms with E-state index in [2.05, 4.69) is 28.4 Å². The summed E-state index contributed by atoms with van der Waals surface area (Å²) in [5.74, 6) is 6.10. The molecule has 5 aliphatic heterocycles. The lowest BCUT2D eigenvalue weighted by Gasteiger charge is -2.34. The second kappa shape index (κ2) is 40.9. The van der Waals surface area contributed by atoms with E-state index >= 15 is 4.39 Å². The van der Waals surface area contributed by atoms with E-state index in [9.17, 15) is 77.3 Å². The molecule has 5 fully saturated rings. The molecule has 622 valence electrons. The number of hydrogen-bond acceptors (Lipinski definition) is 13. The van der Waals surface area contributed by atoms with Crippen molar-refractivity contribution in [3.05, 3.63) is 147 Å². The third-order valence-corrected chi connectivity index (χ3v) is 19.2. The third kappa shape index (κ3) is 28.5. The number of piperidine rings is 4. The number of phenols is 1. The number of rotatable bonds is 13. The highest BCUT2D eigenvalue weighted by Crippen LogP contribution is 2.46. The van der Waals surface area contributed by atoms with Gasteiger partial charge in [-0.3, -0.25) is 4.90 Å². The predicted octanol–water partition coefficient (Wildman–Crippen LogP) is 18.8. The number of methoxy groups -OCH3 is 1. The van der Waals surface area contributed by atoms with Crippen molar-refractivity contribution >= 4 is 30.6 Å². The summed E-state index contributed by atoms with van der Waals surface area (Å²) in [6, 6.07) is 20.9. The van der Waals surface area contributed by atoms with E-state index in [4.69, 9.17) is 47.7 Å². The number of ether oxygens (including phenoxy) is 6. The number of amides is 2. The van der Waals surface area contributed by atoms with Gasteiger partial charge >= 0.3 is 42.9 Å². The molecule has 113 heavy (non-hydrogen) atoms. The van der Waals surface area contributed by atoms with Gasteiger partial charge in [0, 0.05) is 50.7 Å². The van der Waals surface area contributed by atoms with E-state index < -0.39 is 81.8 Å². The van der Waals surface area contributed by atoms with Gasteiger partial charge in [0.2, 0.25) is 5.67 Å². The number of carbonyl (C=O) groups excluding carboxylic acids is 2. The van der Waals surface area contributed by atoms with E-state index in [1.807, 2.05) is 25.7 Å². The number of nitrogens with zero attached hydrogens (tertiary/aromatic N) is 3. The molecule has 5 aromatic carbocycles. The molecule has 0 saturated carbocycles.